The second-order valence-corrected chi connectivity index (χ2v) is 7.79. The Balaban J connectivity index is 1.71. The Morgan fingerprint density at radius 3 is 2.63 bits per heavy atom. The van der Waals surface area contributed by atoms with Crippen molar-refractivity contribution in [1.82, 2.24) is 4.98 Å². The zero-order chi connectivity index (χ0) is 19.4. The second-order valence-electron chi connectivity index (χ2n) is 6.46. The fraction of sp³-hybridized carbons (Fsp3) is 0.300. The molecule has 0 radical (unpaired) electrons. The number of fused-ring (bicyclic) bond motifs is 1. The van der Waals surface area contributed by atoms with Crippen LogP contribution in [-0.2, 0) is 17.6 Å². The molecule has 7 heteroatoms. The number of pyridine rings is 1. The average molecular weight is 380 g/mol. The number of carbonyl (C=O) groups excluding carboxylic acids is 2. The molecular formula is C20H20N4O2S. The highest BCUT2D eigenvalue weighted by Crippen LogP contribution is 2.30. The molecule has 1 atom stereocenters. The van der Waals surface area contributed by atoms with Crippen molar-refractivity contribution in [1.29, 1.82) is 5.26 Å². The highest BCUT2D eigenvalue weighted by molar-refractivity contribution is 8.00. The smallest absolute Gasteiger partial charge is 0.248 e. The molecule has 6 nitrogen and oxygen atoms in total. The molecule has 2 amide bonds. The van der Waals surface area contributed by atoms with Crippen LogP contribution in [-0.4, -0.2) is 22.0 Å². The molecular weight excluding hydrogens is 360 g/mol. The number of nitriles is 1. The minimum absolute atomic E-state index is 0.199. The first-order valence-electron chi connectivity index (χ1n) is 8.78. The van der Waals surface area contributed by atoms with Crippen molar-refractivity contribution in [2.75, 3.05) is 5.32 Å². The second kappa shape index (κ2) is 8.23. The Morgan fingerprint density at radius 1 is 1.26 bits per heavy atom. The van der Waals surface area contributed by atoms with Gasteiger partial charge in [-0.2, -0.15) is 5.26 Å². The Hall–Kier alpha value is -2.85. The number of aryl methyl sites for hydroxylation is 2. The van der Waals surface area contributed by atoms with Crippen molar-refractivity contribution in [3.63, 3.8) is 0 Å². The molecule has 1 aliphatic rings. The minimum Gasteiger partial charge on any atom is -0.366 e. The molecule has 3 rings (SSSR count). The molecule has 0 saturated heterocycles. The number of amides is 2. The van der Waals surface area contributed by atoms with Crippen LogP contribution in [0.1, 0.15) is 46.9 Å². The summed E-state index contributed by atoms with van der Waals surface area (Å²) in [6, 6.07) is 10.5. The fourth-order valence-electron chi connectivity index (χ4n) is 2.97. The molecule has 1 heterocycles. The zero-order valence-electron chi connectivity index (χ0n) is 15.0. The van der Waals surface area contributed by atoms with E-state index in [0.29, 0.717) is 21.8 Å². The third-order valence-electron chi connectivity index (χ3n) is 4.48. The Bertz CT molecular complexity index is 919. The summed E-state index contributed by atoms with van der Waals surface area (Å²) in [4.78, 5) is 28.2. The maximum Gasteiger partial charge on any atom is 0.248 e. The van der Waals surface area contributed by atoms with E-state index < -0.39 is 11.2 Å². The molecule has 0 saturated carbocycles. The van der Waals surface area contributed by atoms with Gasteiger partial charge < -0.3 is 11.1 Å². The normalized spacial score (nSPS) is 13.9. The van der Waals surface area contributed by atoms with Crippen molar-refractivity contribution in [3.8, 4) is 6.07 Å². The molecule has 1 aromatic carbocycles. The minimum atomic E-state index is -0.515. The molecule has 0 fully saturated rings. The lowest BCUT2D eigenvalue weighted by molar-refractivity contribution is -0.115. The summed E-state index contributed by atoms with van der Waals surface area (Å²) in [7, 11) is 0. The van der Waals surface area contributed by atoms with Gasteiger partial charge in [0.05, 0.1) is 10.8 Å². The molecule has 3 N–H and O–H groups in total. The van der Waals surface area contributed by atoms with Gasteiger partial charge in [0.15, 0.2) is 0 Å². The van der Waals surface area contributed by atoms with E-state index in [0.717, 1.165) is 36.9 Å². The van der Waals surface area contributed by atoms with E-state index in [1.807, 2.05) is 6.07 Å². The lowest BCUT2D eigenvalue weighted by Crippen LogP contribution is -2.23. The van der Waals surface area contributed by atoms with E-state index in [1.165, 1.54) is 11.8 Å². The first-order chi connectivity index (χ1) is 13.0. The summed E-state index contributed by atoms with van der Waals surface area (Å²) in [6.07, 6.45) is 4.10. The molecule has 0 spiro atoms. The summed E-state index contributed by atoms with van der Waals surface area (Å²) in [6.45, 7) is 1.78. The van der Waals surface area contributed by atoms with Gasteiger partial charge in [0.1, 0.15) is 11.1 Å². The van der Waals surface area contributed by atoms with Crippen LogP contribution in [0.2, 0.25) is 0 Å². The van der Waals surface area contributed by atoms with Gasteiger partial charge in [0, 0.05) is 16.9 Å². The van der Waals surface area contributed by atoms with E-state index in [4.69, 9.17) is 5.73 Å². The van der Waals surface area contributed by atoms with Gasteiger partial charge in [-0.05, 0) is 68.5 Å². The standard InChI is InChI=1S/C20H20N4O2S/c1-12(19(26)23-16-8-6-13(7-9-16)18(22)25)27-20-15(11-21)10-14-4-2-3-5-17(14)24-20/h6-10,12H,2-5H2,1H3,(H2,22,25)(H,23,26). The quantitative estimate of drug-likeness (QED) is 0.775. The topological polar surface area (TPSA) is 109 Å². The highest BCUT2D eigenvalue weighted by atomic mass is 32.2. The van der Waals surface area contributed by atoms with Crippen molar-refractivity contribution < 1.29 is 9.59 Å². The number of nitrogens with zero attached hydrogens (tertiary/aromatic N) is 2. The average Bonchev–Trinajstić information content (AvgIpc) is 2.67. The van der Waals surface area contributed by atoms with Crippen LogP contribution in [0.5, 0.6) is 0 Å². The summed E-state index contributed by atoms with van der Waals surface area (Å²) in [5.74, 6) is -0.713. The Kier molecular flexibility index (Phi) is 5.77. The molecule has 2 aromatic rings. The highest BCUT2D eigenvalue weighted by Gasteiger charge is 2.20. The number of aromatic nitrogens is 1. The van der Waals surface area contributed by atoms with Crippen molar-refractivity contribution in [3.05, 3.63) is 52.7 Å². The predicted molar refractivity (Wildman–Crippen MR) is 105 cm³/mol. The number of benzene rings is 1. The van der Waals surface area contributed by atoms with E-state index in [9.17, 15) is 14.9 Å². The molecule has 0 aliphatic heterocycles. The number of hydrogen-bond donors (Lipinski definition) is 2. The number of hydrogen-bond acceptors (Lipinski definition) is 5. The molecule has 138 valence electrons. The number of nitrogens with two attached hydrogens (primary N) is 1. The lowest BCUT2D eigenvalue weighted by atomic mass is 9.95. The molecule has 0 bridgehead atoms. The number of primary amides is 1. The van der Waals surface area contributed by atoms with E-state index in [1.54, 1.807) is 31.2 Å². The van der Waals surface area contributed by atoms with Crippen LogP contribution in [0.25, 0.3) is 0 Å². The lowest BCUT2D eigenvalue weighted by Gasteiger charge is -2.18. The van der Waals surface area contributed by atoms with Crippen molar-refractivity contribution in [2.45, 2.75) is 42.9 Å². The molecule has 27 heavy (non-hydrogen) atoms. The van der Waals surface area contributed by atoms with Gasteiger partial charge >= 0.3 is 0 Å². The van der Waals surface area contributed by atoms with Gasteiger partial charge in [0.25, 0.3) is 0 Å². The third kappa shape index (κ3) is 4.47. The van der Waals surface area contributed by atoms with E-state index >= 15 is 0 Å². The van der Waals surface area contributed by atoms with Crippen LogP contribution in [0.15, 0.2) is 35.4 Å². The van der Waals surface area contributed by atoms with Gasteiger partial charge in [-0.1, -0.05) is 11.8 Å². The van der Waals surface area contributed by atoms with Gasteiger partial charge in [-0.15, -0.1) is 0 Å². The Labute approximate surface area is 162 Å². The Morgan fingerprint density at radius 2 is 1.96 bits per heavy atom. The SMILES string of the molecule is CC(Sc1nc2c(cc1C#N)CCCC2)C(=O)Nc1ccc(C(N)=O)cc1. The van der Waals surface area contributed by atoms with Crippen LogP contribution in [0.4, 0.5) is 5.69 Å². The summed E-state index contributed by atoms with van der Waals surface area (Å²) in [5, 5.41) is 12.4. The van der Waals surface area contributed by atoms with Crippen molar-refractivity contribution in [2.24, 2.45) is 5.73 Å². The summed E-state index contributed by atoms with van der Waals surface area (Å²) < 4.78 is 0. The number of rotatable bonds is 5. The number of anilines is 1. The predicted octanol–water partition coefficient (Wildman–Crippen LogP) is 3.05. The number of thioether (sulfide) groups is 1. The van der Waals surface area contributed by atoms with Gasteiger partial charge in [-0.25, -0.2) is 4.98 Å². The summed E-state index contributed by atoms with van der Waals surface area (Å²) in [5.41, 5.74) is 8.88. The summed E-state index contributed by atoms with van der Waals surface area (Å²) >= 11 is 1.28. The first-order valence-corrected chi connectivity index (χ1v) is 9.66. The van der Waals surface area contributed by atoms with Crippen LogP contribution in [0, 0.1) is 11.3 Å². The molecule has 1 aromatic heterocycles. The molecule has 1 unspecified atom stereocenters. The fourth-order valence-corrected chi connectivity index (χ4v) is 3.86. The van der Waals surface area contributed by atoms with Gasteiger partial charge in [0.2, 0.25) is 11.8 Å². The largest absolute Gasteiger partial charge is 0.366 e. The van der Waals surface area contributed by atoms with Crippen molar-refractivity contribution >= 4 is 29.3 Å². The number of carbonyl (C=O) groups is 2. The van der Waals surface area contributed by atoms with Crippen LogP contribution in [0.3, 0.4) is 0 Å². The van der Waals surface area contributed by atoms with Crippen LogP contribution >= 0.6 is 11.8 Å². The third-order valence-corrected chi connectivity index (χ3v) is 5.58. The van der Waals surface area contributed by atoms with E-state index in [-0.39, 0.29) is 5.91 Å². The van der Waals surface area contributed by atoms with Gasteiger partial charge in [-0.3, -0.25) is 9.59 Å². The monoisotopic (exact) mass is 380 g/mol. The zero-order valence-corrected chi connectivity index (χ0v) is 15.8. The first kappa shape index (κ1) is 18.9. The number of nitrogens with one attached hydrogen (secondary N) is 1. The maximum absolute atomic E-state index is 12.5. The molecule has 1 aliphatic carbocycles. The van der Waals surface area contributed by atoms with Crippen LogP contribution < -0.4 is 11.1 Å². The maximum atomic E-state index is 12.5. The van der Waals surface area contributed by atoms with E-state index in [2.05, 4.69) is 16.4 Å².